The first-order valence-corrected chi connectivity index (χ1v) is 6.58. The van der Waals surface area contributed by atoms with Crippen LogP contribution in [-0.4, -0.2) is 28.6 Å². The summed E-state index contributed by atoms with van der Waals surface area (Å²) in [5, 5.41) is 12.1. The SMILES string of the molecule is NNc1cccc(C(=O)NC2CCC(CO)CC2)n1. The number of hydrazine groups is 1. The molecule has 2 rings (SSSR count). The van der Waals surface area contributed by atoms with Gasteiger partial charge in [-0.15, -0.1) is 0 Å². The Bertz CT molecular complexity index is 430. The second-order valence-electron chi connectivity index (χ2n) is 4.93. The summed E-state index contributed by atoms with van der Waals surface area (Å²) in [5.41, 5.74) is 2.78. The van der Waals surface area contributed by atoms with Gasteiger partial charge in [-0.1, -0.05) is 6.07 Å². The Morgan fingerprint density at radius 2 is 2.11 bits per heavy atom. The van der Waals surface area contributed by atoms with Gasteiger partial charge in [-0.25, -0.2) is 10.8 Å². The van der Waals surface area contributed by atoms with Gasteiger partial charge in [-0.05, 0) is 43.7 Å². The van der Waals surface area contributed by atoms with E-state index in [1.807, 2.05) is 0 Å². The number of nitrogens with one attached hydrogen (secondary N) is 2. The molecule has 1 heterocycles. The first kappa shape index (κ1) is 13.8. The van der Waals surface area contributed by atoms with Crippen LogP contribution in [0.1, 0.15) is 36.2 Å². The molecule has 0 bridgehead atoms. The molecule has 5 N–H and O–H groups in total. The molecular formula is C13H20N4O2. The van der Waals surface area contributed by atoms with E-state index in [-0.39, 0.29) is 18.6 Å². The van der Waals surface area contributed by atoms with E-state index in [0.29, 0.717) is 17.4 Å². The molecule has 6 heteroatoms. The standard InChI is InChI=1S/C13H20N4O2/c14-17-12-3-1-2-11(16-12)13(19)15-10-6-4-9(8-18)5-7-10/h1-3,9-10,18H,4-8,14H2,(H,15,19)(H,16,17). The van der Waals surface area contributed by atoms with E-state index >= 15 is 0 Å². The molecule has 0 atom stereocenters. The summed E-state index contributed by atoms with van der Waals surface area (Å²) in [4.78, 5) is 16.1. The van der Waals surface area contributed by atoms with Gasteiger partial charge in [-0.2, -0.15) is 0 Å². The average Bonchev–Trinajstić information content (AvgIpc) is 2.48. The van der Waals surface area contributed by atoms with E-state index < -0.39 is 0 Å². The van der Waals surface area contributed by atoms with Gasteiger partial charge in [0.2, 0.25) is 0 Å². The van der Waals surface area contributed by atoms with Crippen molar-refractivity contribution in [2.45, 2.75) is 31.7 Å². The summed E-state index contributed by atoms with van der Waals surface area (Å²) in [7, 11) is 0. The number of nitrogens with two attached hydrogens (primary N) is 1. The Balaban J connectivity index is 1.90. The molecular weight excluding hydrogens is 244 g/mol. The Hall–Kier alpha value is -1.66. The van der Waals surface area contributed by atoms with Crippen molar-refractivity contribution in [1.82, 2.24) is 10.3 Å². The van der Waals surface area contributed by atoms with E-state index in [2.05, 4.69) is 15.7 Å². The molecule has 0 aromatic carbocycles. The van der Waals surface area contributed by atoms with Gasteiger partial charge in [0, 0.05) is 12.6 Å². The highest BCUT2D eigenvalue weighted by Crippen LogP contribution is 2.23. The highest BCUT2D eigenvalue weighted by atomic mass is 16.3. The van der Waals surface area contributed by atoms with Crippen LogP contribution >= 0.6 is 0 Å². The van der Waals surface area contributed by atoms with Crippen LogP contribution in [0.2, 0.25) is 0 Å². The minimum Gasteiger partial charge on any atom is -0.396 e. The maximum absolute atomic E-state index is 12.0. The number of nitrogen functional groups attached to an aromatic ring is 1. The van der Waals surface area contributed by atoms with Gasteiger partial charge in [0.15, 0.2) is 0 Å². The highest BCUT2D eigenvalue weighted by molar-refractivity contribution is 5.92. The zero-order valence-electron chi connectivity index (χ0n) is 10.8. The predicted octanol–water partition coefficient (Wildman–Crippen LogP) is 0.648. The number of carbonyl (C=O) groups is 1. The van der Waals surface area contributed by atoms with Crippen LogP contribution in [-0.2, 0) is 0 Å². The van der Waals surface area contributed by atoms with Crippen molar-refractivity contribution in [3.05, 3.63) is 23.9 Å². The number of nitrogens with zero attached hydrogens (tertiary/aromatic N) is 1. The molecule has 1 fully saturated rings. The second-order valence-corrected chi connectivity index (χ2v) is 4.93. The third-order valence-electron chi connectivity index (χ3n) is 3.57. The molecule has 104 valence electrons. The van der Waals surface area contributed by atoms with Crippen LogP contribution in [0.3, 0.4) is 0 Å². The summed E-state index contributed by atoms with van der Waals surface area (Å²) in [6.45, 7) is 0.242. The van der Waals surface area contributed by atoms with Gasteiger partial charge in [0.25, 0.3) is 5.91 Å². The lowest BCUT2D eigenvalue weighted by molar-refractivity contribution is 0.0909. The minimum atomic E-state index is -0.176. The molecule has 1 aromatic heterocycles. The fraction of sp³-hybridized carbons (Fsp3) is 0.538. The van der Waals surface area contributed by atoms with Gasteiger partial charge in [0.1, 0.15) is 11.5 Å². The number of carbonyl (C=O) groups excluding carboxylic acids is 1. The average molecular weight is 264 g/mol. The Morgan fingerprint density at radius 3 is 2.74 bits per heavy atom. The summed E-state index contributed by atoms with van der Waals surface area (Å²) in [5.74, 6) is 5.94. The molecule has 0 aliphatic heterocycles. The summed E-state index contributed by atoms with van der Waals surface area (Å²) in [6.07, 6.45) is 3.73. The van der Waals surface area contributed by atoms with Gasteiger partial charge in [0.05, 0.1) is 0 Å². The van der Waals surface area contributed by atoms with Crippen molar-refractivity contribution in [2.75, 3.05) is 12.0 Å². The number of aromatic nitrogens is 1. The van der Waals surface area contributed by atoms with Gasteiger partial charge in [-0.3, -0.25) is 4.79 Å². The molecule has 1 saturated carbocycles. The van der Waals surface area contributed by atoms with E-state index in [0.717, 1.165) is 25.7 Å². The van der Waals surface area contributed by atoms with Crippen LogP contribution in [0.4, 0.5) is 5.82 Å². The zero-order valence-corrected chi connectivity index (χ0v) is 10.8. The lowest BCUT2D eigenvalue weighted by atomic mass is 9.86. The van der Waals surface area contributed by atoms with Crippen molar-refractivity contribution >= 4 is 11.7 Å². The third-order valence-corrected chi connectivity index (χ3v) is 3.57. The normalized spacial score (nSPS) is 22.8. The molecule has 1 aromatic rings. The fourth-order valence-corrected chi connectivity index (χ4v) is 2.39. The number of aliphatic hydroxyl groups excluding tert-OH is 1. The molecule has 0 unspecified atom stereocenters. The van der Waals surface area contributed by atoms with Gasteiger partial charge < -0.3 is 15.8 Å². The number of pyridine rings is 1. The van der Waals surface area contributed by atoms with Crippen LogP contribution < -0.4 is 16.6 Å². The largest absolute Gasteiger partial charge is 0.396 e. The third kappa shape index (κ3) is 3.65. The number of aliphatic hydroxyl groups is 1. The molecule has 1 aliphatic carbocycles. The molecule has 0 radical (unpaired) electrons. The maximum Gasteiger partial charge on any atom is 0.270 e. The molecule has 1 amide bonds. The fourth-order valence-electron chi connectivity index (χ4n) is 2.39. The molecule has 6 nitrogen and oxygen atoms in total. The summed E-state index contributed by atoms with van der Waals surface area (Å²) >= 11 is 0. The number of hydrogen-bond acceptors (Lipinski definition) is 5. The lowest BCUT2D eigenvalue weighted by Gasteiger charge is -2.27. The van der Waals surface area contributed by atoms with E-state index in [4.69, 9.17) is 10.9 Å². The second kappa shape index (κ2) is 6.49. The summed E-state index contributed by atoms with van der Waals surface area (Å²) in [6, 6.07) is 5.27. The predicted molar refractivity (Wildman–Crippen MR) is 72.3 cm³/mol. The van der Waals surface area contributed by atoms with Crippen molar-refractivity contribution in [3.8, 4) is 0 Å². The van der Waals surface area contributed by atoms with Crippen LogP contribution in [0.15, 0.2) is 18.2 Å². The van der Waals surface area contributed by atoms with Crippen molar-refractivity contribution in [1.29, 1.82) is 0 Å². The van der Waals surface area contributed by atoms with E-state index in [9.17, 15) is 4.79 Å². The first-order valence-electron chi connectivity index (χ1n) is 6.58. The van der Waals surface area contributed by atoms with Crippen molar-refractivity contribution in [3.63, 3.8) is 0 Å². The van der Waals surface area contributed by atoms with Crippen LogP contribution in [0, 0.1) is 5.92 Å². The number of anilines is 1. The molecule has 1 aliphatic rings. The van der Waals surface area contributed by atoms with Crippen molar-refractivity contribution in [2.24, 2.45) is 11.8 Å². The Kier molecular flexibility index (Phi) is 4.70. The minimum absolute atomic E-state index is 0.173. The molecule has 0 saturated heterocycles. The highest BCUT2D eigenvalue weighted by Gasteiger charge is 2.22. The zero-order chi connectivity index (χ0) is 13.7. The lowest BCUT2D eigenvalue weighted by Crippen LogP contribution is -2.38. The van der Waals surface area contributed by atoms with Crippen LogP contribution in [0.5, 0.6) is 0 Å². The van der Waals surface area contributed by atoms with Gasteiger partial charge >= 0.3 is 0 Å². The van der Waals surface area contributed by atoms with Crippen molar-refractivity contribution < 1.29 is 9.90 Å². The number of rotatable bonds is 4. The van der Waals surface area contributed by atoms with E-state index in [1.165, 1.54) is 0 Å². The summed E-state index contributed by atoms with van der Waals surface area (Å²) < 4.78 is 0. The molecule has 0 spiro atoms. The topological polar surface area (TPSA) is 100 Å². The maximum atomic E-state index is 12.0. The smallest absolute Gasteiger partial charge is 0.270 e. The van der Waals surface area contributed by atoms with E-state index in [1.54, 1.807) is 18.2 Å². The first-order chi connectivity index (χ1) is 9.22. The quantitative estimate of drug-likeness (QED) is 0.472. The Morgan fingerprint density at radius 1 is 1.37 bits per heavy atom. The monoisotopic (exact) mass is 264 g/mol. The number of amides is 1. The Labute approximate surface area is 112 Å². The number of hydrogen-bond donors (Lipinski definition) is 4. The van der Waals surface area contributed by atoms with Crippen LogP contribution in [0.25, 0.3) is 0 Å². The molecule has 19 heavy (non-hydrogen) atoms.